The van der Waals surface area contributed by atoms with Gasteiger partial charge in [0.25, 0.3) is 0 Å². The van der Waals surface area contributed by atoms with Gasteiger partial charge in [0.15, 0.2) is 6.23 Å². The summed E-state index contributed by atoms with van der Waals surface area (Å²) < 4.78 is 11.9. The number of benzene rings is 9. The Morgan fingerprint density at radius 1 is 0.356 bits per heavy atom. The van der Waals surface area contributed by atoms with Gasteiger partial charge in [-0.25, -0.2) is 0 Å². The summed E-state index contributed by atoms with van der Waals surface area (Å²) in [6.45, 7) is 0. The van der Waals surface area contributed by atoms with Crippen LogP contribution >= 0.6 is 0 Å². The van der Waals surface area contributed by atoms with Crippen molar-refractivity contribution >= 4 is 49.3 Å². The summed E-state index contributed by atoms with van der Waals surface area (Å²) in [6, 6.07) is 76.2. The predicted octanol–water partition coefficient (Wildman–Crippen LogP) is 14.4. The molecule has 4 heteroatoms. The number of ether oxygens (including phenoxy) is 1. The van der Waals surface area contributed by atoms with Crippen LogP contribution in [0.15, 0.2) is 212 Å². The summed E-state index contributed by atoms with van der Waals surface area (Å²) in [5, 5.41) is 8.79. The van der Waals surface area contributed by atoms with Gasteiger partial charge in [-0.2, -0.15) is 0 Å². The van der Waals surface area contributed by atoms with E-state index in [0.29, 0.717) is 0 Å². The largest absolute Gasteiger partial charge is 0.464 e. The topological polar surface area (TPSA) is 31.1 Å². The molecule has 0 unspecified atom stereocenters. The highest BCUT2D eigenvalue weighted by molar-refractivity contribution is 6.10. The van der Waals surface area contributed by atoms with Gasteiger partial charge in [0.2, 0.25) is 0 Å². The Bertz CT molecular complexity index is 3140. The zero-order chi connectivity index (χ0) is 38.9. The zero-order valence-electron chi connectivity index (χ0n) is 32.1. The average Bonchev–Trinajstić information content (AvgIpc) is 4.00. The summed E-state index contributed by atoms with van der Waals surface area (Å²) in [4.78, 5) is 0. The molecule has 1 atom stereocenters. The quantitative estimate of drug-likeness (QED) is 0.183. The summed E-state index contributed by atoms with van der Waals surface area (Å²) in [7, 11) is 0. The number of hydrogen-bond donors (Lipinski definition) is 1. The van der Waals surface area contributed by atoms with Crippen LogP contribution in [0.3, 0.4) is 0 Å². The number of fused-ring (bicyclic) bond motifs is 7. The second kappa shape index (κ2) is 13.4. The molecule has 59 heavy (non-hydrogen) atoms. The van der Waals surface area contributed by atoms with Gasteiger partial charge in [-0.1, -0.05) is 158 Å². The Hall–Kier alpha value is -7.82. The first-order valence-electron chi connectivity index (χ1n) is 20.2. The molecule has 278 valence electrons. The van der Waals surface area contributed by atoms with Gasteiger partial charge >= 0.3 is 0 Å². The number of anilines is 1. The molecule has 3 heterocycles. The van der Waals surface area contributed by atoms with Crippen LogP contribution in [0.2, 0.25) is 0 Å². The van der Waals surface area contributed by atoms with Gasteiger partial charge in [-0.15, -0.1) is 0 Å². The van der Waals surface area contributed by atoms with Crippen LogP contribution in [0.1, 0.15) is 11.8 Å². The highest BCUT2D eigenvalue weighted by Gasteiger charge is 2.29. The number of para-hydroxylation sites is 4. The molecule has 0 fully saturated rings. The normalized spacial score (nSPS) is 13.5. The highest BCUT2D eigenvalue weighted by Crippen LogP contribution is 2.48. The first-order valence-corrected chi connectivity index (χ1v) is 20.2. The van der Waals surface area contributed by atoms with Crippen LogP contribution < -0.4 is 10.1 Å². The minimum Gasteiger partial charge on any atom is -0.464 e. The van der Waals surface area contributed by atoms with E-state index < -0.39 is 6.23 Å². The minimum absolute atomic E-state index is 0.442. The monoisotopic (exact) mass is 755 g/mol. The van der Waals surface area contributed by atoms with E-state index in [1.165, 1.54) is 32.7 Å². The van der Waals surface area contributed by atoms with Gasteiger partial charge in [0.1, 0.15) is 5.75 Å². The third kappa shape index (κ3) is 5.45. The molecule has 0 saturated carbocycles. The number of nitrogens with zero attached hydrogens (tertiary/aromatic N) is 2. The van der Waals surface area contributed by atoms with Crippen LogP contribution in [0.25, 0.3) is 88.4 Å². The number of nitrogens with one attached hydrogen (secondary N) is 1. The van der Waals surface area contributed by atoms with Crippen molar-refractivity contribution in [2.75, 3.05) is 5.32 Å². The van der Waals surface area contributed by atoms with E-state index in [1.807, 2.05) is 0 Å². The molecule has 1 aliphatic heterocycles. The molecule has 0 aliphatic carbocycles. The Kier molecular flexibility index (Phi) is 7.57. The van der Waals surface area contributed by atoms with Crippen LogP contribution in [0.5, 0.6) is 5.75 Å². The summed E-state index contributed by atoms with van der Waals surface area (Å²) in [5.41, 5.74) is 15.7. The first kappa shape index (κ1) is 33.3. The maximum Gasteiger partial charge on any atom is 0.196 e. The van der Waals surface area contributed by atoms with Crippen molar-refractivity contribution < 1.29 is 4.74 Å². The predicted molar refractivity (Wildman–Crippen MR) is 245 cm³/mol. The molecule has 0 amide bonds. The minimum atomic E-state index is -0.442. The van der Waals surface area contributed by atoms with Crippen LogP contribution in [0.4, 0.5) is 5.69 Å². The molecule has 11 aromatic rings. The number of aromatic nitrogens is 2. The molecule has 0 bridgehead atoms. The highest BCUT2D eigenvalue weighted by atomic mass is 16.5. The Morgan fingerprint density at radius 3 is 1.25 bits per heavy atom. The molecule has 0 spiro atoms. The van der Waals surface area contributed by atoms with E-state index in [-0.39, 0.29) is 0 Å². The molecular formula is C55H37N3O. The lowest BCUT2D eigenvalue weighted by atomic mass is 9.95. The van der Waals surface area contributed by atoms with Crippen LogP contribution in [0, 0.1) is 0 Å². The van der Waals surface area contributed by atoms with Crippen molar-refractivity contribution in [1.82, 2.24) is 9.13 Å². The zero-order valence-corrected chi connectivity index (χ0v) is 32.1. The Labute approximate surface area is 341 Å². The first-order chi connectivity index (χ1) is 29.2. The van der Waals surface area contributed by atoms with Crippen molar-refractivity contribution in [3.05, 3.63) is 218 Å². The maximum absolute atomic E-state index is 7.08. The fourth-order valence-electron chi connectivity index (χ4n) is 9.22. The van der Waals surface area contributed by atoms with Crippen molar-refractivity contribution in [3.8, 4) is 50.5 Å². The molecule has 1 N–H and O–H groups in total. The van der Waals surface area contributed by atoms with Crippen molar-refractivity contribution in [2.45, 2.75) is 6.23 Å². The molecule has 2 aromatic heterocycles. The van der Waals surface area contributed by atoms with Crippen molar-refractivity contribution in [1.29, 1.82) is 0 Å². The van der Waals surface area contributed by atoms with Gasteiger partial charge in [0, 0.05) is 44.0 Å². The summed E-state index contributed by atoms with van der Waals surface area (Å²) in [6.07, 6.45) is -0.442. The van der Waals surface area contributed by atoms with Gasteiger partial charge in [-0.05, 0) is 82.4 Å². The average molecular weight is 756 g/mol. The second-order valence-corrected chi connectivity index (χ2v) is 15.4. The number of hydrogen-bond acceptors (Lipinski definition) is 2. The molecule has 1 aliphatic rings. The Balaban J connectivity index is 1.04. The van der Waals surface area contributed by atoms with E-state index in [4.69, 9.17) is 4.74 Å². The Morgan fingerprint density at radius 2 is 0.763 bits per heavy atom. The third-order valence-corrected chi connectivity index (χ3v) is 11.9. The SMILES string of the molecule is c1ccc(-c2ccc(-c3cc4c(c(-c5ccccc5)c3)N[C@@H](c3cc(-n5c6ccccc6c6ccccc65)cc(-n5c6ccccc6c6ccccc65)c3)O4)cc2)cc1. The van der Waals surface area contributed by atoms with E-state index in [1.54, 1.807) is 0 Å². The lowest BCUT2D eigenvalue weighted by Crippen LogP contribution is -2.12. The number of rotatable bonds is 6. The maximum atomic E-state index is 7.08. The molecular weight excluding hydrogens is 719 g/mol. The molecule has 12 rings (SSSR count). The molecule has 0 saturated heterocycles. The van der Waals surface area contributed by atoms with E-state index >= 15 is 0 Å². The summed E-state index contributed by atoms with van der Waals surface area (Å²) in [5.74, 6) is 0.833. The standard InChI is InChI=1S/C55H37N3O/c1-3-15-36(16-4-1)37-27-29-38(30-28-37)40-33-48(39-17-5-2-6-18-39)54-53(34-40)59-55(56-54)41-31-42(57-49-23-11-7-19-44(49)45-20-8-12-24-50(45)57)35-43(32-41)58-51-25-13-9-21-46(51)47-22-10-14-26-52(47)58/h1-35,55-56H/t55-/m1/s1. The van der Waals surface area contributed by atoms with Crippen molar-refractivity contribution in [3.63, 3.8) is 0 Å². The summed E-state index contributed by atoms with van der Waals surface area (Å²) >= 11 is 0. The van der Waals surface area contributed by atoms with E-state index in [0.717, 1.165) is 72.7 Å². The third-order valence-electron chi connectivity index (χ3n) is 11.9. The lowest BCUT2D eigenvalue weighted by molar-refractivity contribution is 0.260. The molecule has 9 aromatic carbocycles. The van der Waals surface area contributed by atoms with Crippen LogP contribution in [-0.4, -0.2) is 9.13 Å². The molecule has 0 radical (unpaired) electrons. The van der Waals surface area contributed by atoms with Crippen molar-refractivity contribution in [2.24, 2.45) is 0 Å². The fraction of sp³-hybridized carbons (Fsp3) is 0.0182. The van der Waals surface area contributed by atoms with E-state index in [9.17, 15) is 0 Å². The fourth-order valence-corrected chi connectivity index (χ4v) is 9.22. The lowest BCUT2D eigenvalue weighted by Gasteiger charge is -2.19. The molecule has 4 nitrogen and oxygen atoms in total. The van der Waals surface area contributed by atoms with Crippen LogP contribution in [-0.2, 0) is 0 Å². The van der Waals surface area contributed by atoms with E-state index in [2.05, 4.69) is 227 Å². The smallest absolute Gasteiger partial charge is 0.196 e. The second-order valence-electron chi connectivity index (χ2n) is 15.4. The van der Waals surface area contributed by atoms with Gasteiger partial charge in [0.05, 0.1) is 27.8 Å². The van der Waals surface area contributed by atoms with Gasteiger partial charge in [-0.3, -0.25) is 0 Å². The van der Waals surface area contributed by atoms with Gasteiger partial charge < -0.3 is 19.2 Å².